The summed E-state index contributed by atoms with van der Waals surface area (Å²) < 4.78 is 5.13. The number of benzene rings is 1. The highest BCUT2D eigenvalue weighted by Crippen LogP contribution is 2.29. The largest absolute Gasteiger partial charge is 0.497 e. The molecular formula is C16H22ClNO2. The second-order valence-electron chi connectivity index (χ2n) is 5.30. The van der Waals surface area contributed by atoms with Gasteiger partial charge >= 0.3 is 0 Å². The van der Waals surface area contributed by atoms with E-state index in [-0.39, 0.29) is 18.3 Å². The Morgan fingerprint density at radius 1 is 1.30 bits per heavy atom. The number of ether oxygens (including phenoxy) is 1. The topological polar surface area (TPSA) is 29.5 Å². The summed E-state index contributed by atoms with van der Waals surface area (Å²) in [7, 11) is 5.68. The molecule has 0 spiro atoms. The zero-order chi connectivity index (χ0) is 13.8. The molecule has 110 valence electrons. The number of ketones is 1. The fraction of sp³-hybridized carbons (Fsp3) is 0.438. The van der Waals surface area contributed by atoms with E-state index in [0.29, 0.717) is 5.78 Å². The molecular weight excluding hydrogens is 274 g/mol. The van der Waals surface area contributed by atoms with Crippen LogP contribution in [0.5, 0.6) is 5.75 Å². The molecule has 1 aromatic rings. The van der Waals surface area contributed by atoms with E-state index in [1.807, 2.05) is 44.4 Å². The molecule has 0 aliphatic heterocycles. The van der Waals surface area contributed by atoms with Crippen molar-refractivity contribution in [2.45, 2.75) is 12.8 Å². The molecule has 2 rings (SSSR count). The van der Waals surface area contributed by atoms with Crippen LogP contribution in [0.3, 0.4) is 0 Å². The number of nitrogens with zero attached hydrogens (tertiary/aromatic N) is 1. The Kier molecular flexibility index (Phi) is 6.24. The molecule has 1 unspecified atom stereocenters. The minimum atomic E-state index is 0. The Balaban J connectivity index is 0.00000200. The van der Waals surface area contributed by atoms with Gasteiger partial charge in [-0.15, -0.1) is 12.4 Å². The Morgan fingerprint density at radius 2 is 1.95 bits per heavy atom. The summed E-state index contributed by atoms with van der Waals surface area (Å²) in [6.45, 7) is 0.846. The minimum absolute atomic E-state index is 0. The first-order chi connectivity index (χ1) is 9.10. The molecule has 3 nitrogen and oxygen atoms in total. The van der Waals surface area contributed by atoms with E-state index in [2.05, 4.69) is 4.90 Å². The van der Waals surface area contributed by atoms with Crippen molar-refractivity contribution in [2.24, 2.45) is 5.92 Å². The fourth-order valence-electron chi connectivity index (χ4n) is 2.51. The summed E-state index contributed by atoms with van der Waals surface area (Å²) >= 11 is 0. The first kappa shape index (κ1) is 16.7. The van der Waals surface area contributed by atoms with E-state index in [1.54, 1.807) is 7.11 Å². The van der Waals surface area contributed by atoms with Crippen LogP contribution in [-0.2, 0) is 4.79 Å². The molecule has 0 saturated heterocycles. The molecule has 1 aliphatic rings. The predicted octanol–water partition coefficient (Wildman–Crippen LogP) is 3.04. The maximum absolute atomic E-state index is 12.2. The monoisotopic (exact) mass is 295 g/mol. The Morgan fingerprint density at radius 3 is 2.50 bits per heavy atom. The highest BCUT2D eigenvalue weighted by atomic mass is 35.5. The molecule has 0 N–H and O–H groups in total. The van der Waals surface area contributed by atoms with E-state index in [0.717, 1.165) is 36.3 Å². The number of rotatable bonds is 4. The van der Waals surface area contributed by atoms with Crippen molar-refractivity contribution >= 4 is 24.3 Å². The average molecular weight is 296 g/mol. The lowest BCUT2D eigenvalue weighted by atomic mass is 10.0. The van der Waals surface area contributed by atoms with Crippen molar-refractivity contribution in [2.75, 3.05) is 27.7 Å². The smallest absolute Gasteiger partial charge is 0.163 e. The number of Topliss-reactive ketones (excluding diaryl/α,β-unsaturated/α-hetero) is 1. The molecule has 20 heavy (non-hydrogen) atoms. The van der Waals surface area contributed by atoms with E-state index >= 15 is 0 Å². The van der Waals surface area contributed by atoms with Crippen LogP contribution in [0.4, 0.5) is 0 Å². The third kappa shape index (κ3) is 4.09. The van der Waals surface area contributed by atoms with E-state index in [4.69, 9.17) is 4.74 Å². The van der Waals surface area contributed by atoms with Crippen LogP contribution in [0.2, 0.25) is 0 Å². The molecule has 4 heteroatoms. The van der Waals surface area contributed by atoms with Gasteiger partial charge in [0.25, 0.3) is 0 Å². The van der Waals surface area contributed by atoms with Gasteiger partial charge in [0, 0.05) is 12.5 Å². The fourth-order valence-corrected chi connectivity index (χ4v) is 2.51. The molecule has 0 radical (unpaired) electrons. The zero-order valence-corrected chi connectivity index (χ0v) is 13.1. The Hall–Kier alpha value is -1.32. The van der Waals surface area contributed by atoms with Crippen LogP contribution in [0.1, 0.15) is 18.4 Å². The maximum Gasteiger partial charge on any atom is 0.163 e. The molecule has 0 bridgehead atoms. The third-order valence-electron chi connectivity index (χ3n) is 3.49. The van der Waals surface area contributed by atoms with E-state index in [1.165, 1.54) is 0 Å². The number of methoxy groups -OCH3 is 1. The molecule has 0 aromatic heterocycles. The lowest BCUT2D eigenvalue weighted by Crippen LogP contribution is -2.24. The second kappa shape index (κ2) is 7.46. The molecule has 1 fully saturated rings. The molecule has 1 aliphatic carbocycles. The van der Waals surface area contributed by atoms with Crippen molar-refractivity contribution < 1.29 is 9.53 Å². The van der Waals surface area contributed by atoms with Gasteiger partial charge in [0.15, 0.2) is 5.78 Å². The molecule has 1 aromatic carbocycles. The van der Waals surface area contributed by atoms with Crippen LogP contribution in [0, 0.1) is 5.92 Å². The Bertz CT molecular complexity index is 480. The van der Waals surface area contributed by atoms with Gasteiger partial charge in [-0.1, -0.05) is 12.1 Å². The van der Waals surface area contributed by atoms with Crippen LogP contribution >= 0.6 is 12.4 Å². The quantitative estimate of drug-likeness (QED) is 0.800. The van der Waals surface area contributed by atoms with Crippen molar-refractivity contribution in [3.8, 4) is 5.75 Å². The first-order valence-corrected chi connectivity index (χ1v) is 6.63. The van der Waals surface area contributed by atoms with Gasteiger partial charge in [-0.05, 0) is 56.3 Å². The summed E-state index contributed by atoms with van der Waals surface area (Å²) in [6.07, 6.45) is 3.87. The van der Waals surface area contributed by atoms with Crippen molar-refractivity contribution in [3.05, 3.63) is 35.4 Å². The van der Waals surface area contributed by atoms with Crippen molar-refractivity contribution in [1.82, 2.24) is 4.90 Å². The summed E-state index contributed by atoms with van der Waals surface area (Å²) in [4.78, 5) is 14.3. The maximum atomic E-state index is 12.2. The lowest BCUT2D eigenvalue weighted by Gasteiger charge is -2.13. The van der Waals surface area contributed by atoms with Gasteiger partial charge in [-0.2, -0.15) is 0 Å². The van der Waals surface area contributed by atoms with E-state index in [9.17, 15) is 4.79 Å². The molecule has 0 amide bonds. The van der Waals surface area contributed by atoms with Crippen molar-refractivity contribution in [1.29, 1.82) is 0 Å². The summed E-state index contributed by atoms with van der Waals surface area (Å²) in [5.74, 6) is 1.31. The van der Waals surface area contributed by atoms with E-state index < -0.39 is 0 Å². The highest BCUT2D eigenvalue weighted by molar-refractivity contribution is 6.03. The summed E-state index contributed by atoms with van der Waals surface area (Å²) in [6, 6.07) is 7.81. The number of halogens is 1. The van der Waals surface area contributed by atoms with Crippen molar-refractivity contribution in [3.63, 3.8) is 0 Å². The first-order valence-electron chi connectivity index (χ1n) is 6.63. The molecule has 1 saturated carbocycles. The van der Waals surface area contributed by atoms with Gasteiger partial charge in [-0.3, -0.25) is 4.79 Å². The zero-order valence-electron chi connectivity index (χ0n) is 12.3. The molecule has 0 heterocycles. The summed E-state index contributed by atoms with van der Waals surface area (Å²) in [5, 5.41) is 0. The number of allylic oxidation sites excluding steroid dienone is 1. The van der Waals surface area contributed by atoms with Gasteiger partial charge in [0.05, 0.1) is 7.11 Å². The van der Waals surface area contributed by atoms with Gasteiger partial charge < -0.3 is 9.64 Å². The van der Waals surface area contributed by atoms with Gasteiger partial charge in [0.2, 0.25) is 0 Å². The van der Waals surface area contributed by atoms with Gasteiger partial charge in [-0.25, -0.2) is 0 Å². The summed E-state index contributed by atoms with van der Waals surface area (Å²) in [5.41, 5.74) is 2.02. The number of hydrogen-bond donors (Lipinski definition) is 0. The standard InChI is InChI=1S/C16H21NO2.ClH/c1-17(2)11-14-7-6-13(16(14)18)10-12-4-8-15(19-3)9-5-12;/h4-5,8-10,14H,6-7,11H2,1-3H3;1H/b13-10-;. The number of carbonyl (C=O) groups is 1. The average Bonchev–Trinajstić information content (AvgIpc) is 2.72. The number of carbonyl (C=O) groups excluding carboxylic acids is 1. The Labute approximate surface area is 127 Å². The third-order valence-corrected chi connectivity index (χ3v) is 3.49. The van der Waals surface area contributed by atoms with Crippen LogP contribution in [-0.4, -0.2) is 38.4 Å². The highest BCUT2D eigenvalue weighted by Gasteiger charge is 2.29. The SMILES string of the molecule is COc1ccc(/C=C2/CCC(CN(C)C)C2=O)cc1.Cl. The minimum Gasteiger partial charge on any atom is -0.497 e. The van der Waals surface area contributed by atoms with Crippen LogP contribution < -0.4 is 4.74 Å². The van der Waals surface area contributed by atoms with Gasteiger partial charge in [0.1, 0.15) is 5.75 Å². The lowest BCUT2D eigenvalue weighted by molar-refractivity contribution is -0.118. The number of hydrogen-bond acceptors (Lipinski definition) is 3. The van der Waals surface area contributed by atoms with Crippen LogP contribution in [0.15, 0.2) is 29.8 Å². The van der Waals surface area contributed by atoms with Crippen LogP contribution in [0.25, 0.3) is 6.08 Å². The predicted molar refractivity (Wildman–Crippen MR) is 84.5 cm³/mol. The second-order valence-corrected chi connectivity index (χ2v) is 5.30. The normalized spacial score (nSPS) is 20.3. The molecule has 1 atom stereocenters.